The molecule has 30 heavy (non-hydrogen) atoms. The summed E-state index contributed by atoms with van der Waals surface area (Å²) in [6.07, 6.45) is 4.57. The Bertz CT molecular complexity index is 1150. The minimum absolute atomic E-state index is 0.387. The fraction of sp³-hybridized carbons (Fsp3) is 0.174. The molecule has 0 fully saturated rings. The quantitative estimate of drug-likeness (QED) is 0.209. The Morgan fingerprint density at radius 1 is 0.833 bits per heavy atom. The molecule has 0 saturated carbocycles. The lowest BCUT2D eigenvalue weighted by molar-refractivity contribution is 0.0824. The molecule has 0 heterocycles. The van der Waals surface area contributed by atoms with Gasteiger partial charge >= 0.3 is 0 Å². The second kappa shape index (κ2) is 8.75. The standard InChI is InChI=1S/C23H24N2O5/c1-6-7-8-25(24)23(26)18-9-14-10-19(27-2)20(28-3)11-15(14)16-12-21(29-4)22(30-5)13-17(16)18/h6-13H,1,24H2,2-5H3/b8-7-. The fourth-order valence-electron chi connectivity index (χ4n) is 3.34. The van der Waals surface area contributed by atoms with Crippen LogP contribution in [0.3, 0.4) is 0 Å². The van der Waals surface area contributed by atoms with E-state index in [1.165, 1.54) is 12.3 Å². The van der Waals surface area contributed by atoms with Crippen LogP contribution in [0.25, 0.3) is 21.5 Å². The molecule has 7 nitrogen and oxygen atoms in total. The molecule has 0 aliphatic heterocycles. The monoisotopic (exact) mass is 408 g/mol. The number of hydrogen-bond donors (Lipinski definition) is 1. The highest BCUT2D eigenvalue weighted by atomic mass is 16.5. The van der Waals surface area contributed by atoms with E-state index in [9.17, 15) is 4.79 Å². The molecule has 0 radical (unpaired) electrons. The Kier molecular flexibility index (Phi) is 6.13. The third kappa shape index (κ3) is 3.62. The highest BCUT2D eigenvalue weighted by Gasteiger charge is 2.20. The van der Waals surface area contributed by atoms with Gasteiger partial charge in [-0.05, 0) is 58.0 Å². The van der Waals surface area contributed by atoms with Crippen molar-refractivity contribution < 1.29 is 23.7 Å². The van der Waals surface area contributed by atoms with Gasteiger partial charge in [-0.15, -0.1) is 0 Å². The second-order valence-corrected chi connectivity index (χ2v) is 6.39. The number of rotatable bonds is 7. The zero-order valence-electron chi connectivity index (χ0n) is 17.4. The Morgan fingerprint density at radius 2 is 1.33 bits per heavy atom. The molecule has 0 aliphatic carbocycles. The summed E-state index contributed by atoms with van der Waals surface area (Å²) in [6, 6.07) is 9.06. The molecule has 3 aromatic carbocycles. The van der Waals surface area contributed by atoms with Gasteiger partial charge in [-0.25, -0.2) is 5.84 Å². The van der Waals surface area contributed by atoms with Gasteiger partial charge in [0.25, 0.3) is 5.91 Å². The van der Waals surface area contributed by atoms with Crippen LogP contribution in [-0.2, 0) is 0 Å². The molecule has 3 rings (SSSR count). The maximum atomic E-state index is 13.1. The first-order chi connectivity index (χ1) is 14.5. The van der Waals surface area contributed by atoms with E-state index in [2.05, 4.69) is 6.58 Å². The lowest BCUT2D eigenvalue weighted by Gasteiger charge is -2.18. The van der Waals surface area contributed by atoms with Gasteiger partial charge in [0.05, 0.1) is 28.4 Å². The van der Waals surface area contributed by atoms with Crippen LogP contribution in [0.5, 0.6) is 23.0 Å². The first-order valence-corrected chi connectivity index (χ1v) is 9.11. The summed E-state index contributed by atoms with van der Waals surface area (Å²) in [7, 11) is 6.24. The van der Waals surface area contributed by atoms with Crippen molar-refractivity contribution in [1.29, 1.82) is 0 Å². The predicted molar refractivity (Wildman–Crippen MR) is 117 cm³/mol. The fourth-order valence-corrected chi connectivity index (χ4v) is 3.34. The van der Waals surface area contributed by atoms with Gasteiger partial charge < -0.3 is 18.9 Å². The van der Waals surface area contributed by atoms with Crippen LogP contribution >= 0.6 is 0 Å². The number of methoxy groups -OCH3 is 4. The van der Waals surface area contributed by atoms with Crippen LogP contribution in [0.4, 0.5) is 0 Å². The molecule has 0 unspecified atom stereocenters. The van der Waals surface area contributed by atoms with Crippen molar-refractivity contribution in [3.05, 3.63) is 60.8 Å². The van der Waals surface area contributed by atoms with Crippen LogP contribution in [-0.4, -0.2) is 39.4 Å². The molecular formula is C23H24N2O5. The number of nitrogens with two attached hydrogens (primary N) is 1. The van der Waals surface area contributed by atoms with Crippen LogP contribution in [0.2, 0.25) is 0 Å². The lowest BCUT2D eigenvalue weighted by atomic mass is 9.95. The van der Waals surface area contributed by atoms with Gasteiger partial charge in [0.15, 0.2) is 23.0 Å². The van der Waals surface area contributed by atoms with Crippen LogP contribution in [0.15, 0.2) is 55.3 Å². The van der Waals surface area contributed by atoms with E-state index in [1.54, 1.807) is 46.6 Å². The molecule has 1 amide bonds. The Morgan fingerprint density at radius 3 is 1.87 bits per heavy atom. The molecule has 0 aliphatic rings. The molecule has 156 valence electrons. The third-order valence-electron chi connectivity index (χ3n) is 4.81. The minimum atomic E-state index is -0.387. The maximum Gasteiger partial charge on any atom is 0.272 e. The van der Waals surface area contributed by atoms with E-state index in [1.807, 2.05) is 18.2 Å². The predicted octanol–water partition coefficient (Wildman–Crippen LogP) is 4.04. The summed E-state index contributed by atoms with van der Waals surface area (Å²) >= 11 is 0. The first kappa shape index (κ1) is 21.0. The molecular weight excluding hydrogens is 384 g/mol. The summed E-state index contributed by atoms with van der Waals surface area (Å²) in [6.45, 7) is 3.60. The number of fused-ring (bicyclic) bond motifs is 3. The number of benzene rings is 3. The first-order valence-electron chi connectivity index (χ1n) is 9.11. The average molecular weight is 408 g/mol. The number of ether oxygens (including phenoxy) is 4. The van der Waals surface area contributed by atoms with E-state index in [-0.39, 0.29) is 5.91 Å². The molecule has 0 aromatic heterocycles. The van der Waals surface area contributed by atoms with Gasteiger partial charge in [-0.2, -0.15) is 0 Å². The topological polar surface area (TPSA) is 83.3 Å². The number of hydrogen-bond acceptors (Lipinski definition) is 6. The Labute approximate surface area is 174 Å². The normalized spacial score (nSPS) is 11.0. The van der Waals surface area contributed by atoms with Crippen molar-refractivity contribution in [3.8, 4) is 23.0 Å². The molecule has 0 saturated heterocycles. The Balaban J connectivity index is 2.42. The van der Waals surface area contributed by atoms with E-state index in [0.29, 0.717) is 33.9 Å². The van der Waals surface area contributed by atoms with E-state index < -0.39 is 0 Å². The molecule has 0 spiro atoms. The van der Waals surface area contributed by atoms with Gasteiger partial charge in [-0.1, -0.05) is 12.7 Å². The minimum Gasteiger partial charge on any atom is -0.493 e. The molecule has 0 bridgehead atoms. The van der Waals surface area contributed by atoms with Crippen molar-refractivity contribution in [2.75, 3.05) is 28.4 Å². The summed E-state index contributed by atoms with van der Waals surface area (Å²) in [5.74, 6) is 7.74. The summed E-state index contributed by atoms with van der Waals surface area (Å²) in [4.78, 5) is 13.1. The van der Waals surface area contributed by atoms with E-state index in [0.717, 1.165) is 21.2 Å². The number of carbonyl (C=O) groups excluding carboxylic acids is 1. The zero-order valence-corrected chi connectivity index (χ0v) is 17.4. The molecule has 0 atom stereocenters. The molecule has 7 heteroatoms. The zero-order chi connectivity index (χ0) is 21.8. The summed E-state index contributed by atoms with van der Waals surface area (Å²) < 4.78 is 21.8. The molecule has 3 aromatic rings. The third-order valence-corrected chi connectivity index (χ3v) is 4.81. The van der Waals surface area contributed by atoms with Gasteiger partial charge in [0.1, 0.15) is 0 Å². The van der Waals surface area contributed by atoms with Crippen LogP contribution < -0.4 is 24.8 Å². The summed E-state index contributed by atoms with van der Waals surface area (Å²) in [5.41, 5.74) is 0.405. The highest BCUT2D eigenvalue weighted by Crippen LogP contribution is 2.41. The van der Waals surface area contributed by atoms with Crippen molar-refractivity contribution in [2.24, 2.45) is 5.84 Å². The van der Waals surface area contributed by atoms with Crippen LogP contribution in [0, 0.1) is 0 Å². The number of hydrazine groups is 1. The highest BCUT2D eigenvalue weighted by molar-refractivity contribution is 6.18. The number of amides is 1. The van der Waals surface area contributed by atoms with Gasteiger partial charge in [0.2, 0.25) is 0 Å². The van der Waals surface area contributed by atoms with Crippen molar-refractivity contribution >= 4 is 27.5 Å². The van der Waals surface area contributed by atoms with E-state index in [4.69, 9.17) is 24.8 Å². The van der Waals surface area contributed by atoms with Gasteiger partial charge in [-0.3, -0.25) is 9.80 Å². The van der Waals surface area contributed by atoms with Crippen LogP contribution in [0.1, 0.15) is 10.4 Å². The SMILES string of the molecule is C=C/C=C\N(N)C(=O)c1cc2cc(OC)c(OC)cc2c2cc(OC)c(OC)cc12. The number of allylic oxidation sites excluding steroid dienone is 2. The average Bonchev–Trinajstić information content (AvgIpc) is 2.79. The number of carbonyl (C=O) groups is 1. The van der Waals surface area contributed by atoms with E-state index >= 15 is 0 Å². The Hall–Kier alpha value is -3.71. The lowest BCUT2D eigenvalue weighted by Crippen LogP contribution is -2.32. The van der Waals surface area contributed by atoms with Crippen molar-refractivity contribution in [3.63, 3.8) is 0 Å². The van der Waals surface area contributed by atoms with Crippen molar-refractivity contribution in [1.82, 2.24) is 5.01 Å². The second-order valence-electron chi connectivity index (χ2n) is 6.39. The smallest absolute Gasteiger partial charge is 0.272 e. The van der Waals surface area contributed by atoms with Gasteiger partial charge in [0, 0.05) is 11.8 Å². The largest absolute Gasteiger partial charge is 0.493 e. The number of nitrogens with zero attached hydrogens (tertiary/aromatic N) is 1. The molecule has 2 N–H and O–H groups in total. The maximum absolute atomic E-state index is 13.1. The summed E-state index contributed by atoms with van der Waals surface area (Å²) in [5, 5.41) is 4.12. The van der Waals surface area contributed by atoms with Crippen molar-refractivity contribution in [2.45, 2.75) is 0 Å².